The van der Waals surface area contributed by atoms with Gasteiger partial charge in [0, 0.05) is 33.4 Å². The molecule has 1 aromatic heterocycles. The molecule has 102 valence electrons. The van der Waals surface area contributed by atoms with Crippen LogP contribution in [0.15, 0.2) is 6.33 Å². The number of nitrogens with one attached hydrogen (secondary N) is 1. The highest BCUT2D eigenvalue weighted by Crippen LogP contribution is 2.25. The molecule has 0 amide bonds. The quantitative estimate of drug-likeness (QED) is 0.681. The highest BCUT2D eigenvalue weighted by Gasteiger charge is 2.12. The summed E-state index contributed by atoms with van der Waals surface area (Å²) in [5.41, 5.74) is 6.70. The van der Waals surface area contributed by atoms with Crippen LogP contribution in [0.5, 0.6) is 0 Å². The van der Waals surface area contributed by atoms with Gasteiger partial charge < -0.3 is 20.7 Å². The third-order valence-electron chi connectivity index (χ3n) is 2.74. The van der Waals surface area contributed by atoms with E-state index in [9.17, 15) is 0 Å². The highest BCUT2D eigenvalue weighted by molar-refractivity contribution is 5.74. The Hall–Kier alpha value is -1.56. The molecule has 0 atom stereocenters. The number of anilines is 3. The molecule has 0 aliphatic heterocycles. The van der Waals surface area contributed by atoms with Crippen molar-refractivity contribution in [1.82, 2.24) is 9.97 Å². The predicted molar refractivity (Wildman–Crippen MR) is 75.0 cm³/mol. The molecule has 0 aliphatic carbocycles. The second-order valence-electron chi connectivity index (χ2n) is 3.90. The van der Waals surface area contributed by atoms with Gasteiger partial charge in [-0.15, -0.1) is 0 Å². The van der Waals surface area contributed by atoms with Gasteiger partial charge >= 0.3 is 0 Å². The van der Waals surface area contributed by atoms with Crippen LogP contribution in [-0.4, -0.2) is 43.3 Å². The number of nitrogens with zero attached hydrogens (tertiary/aromatic N) is 3. The predicted octanol–water partition coefficient (Wildman–Crippen LogP) is 1.35. The molecule has 0 saturated heterocycles. The van der Waals surface area contributed by atoms with Gasteiger partial charge in [-0.2, -0.15) is 0 Å². The van der Waals surface area contributed by atoms with E-state index >= 15 is 0 Å². The molecule has 3 N–H and O–H groups in total. The van der Waals surface area contributed by atoms with Crippen LogP contribution in [0.4, 0.5) is 17.3 Å². The second kappa shape index (κ2) is 7.71. The lowest BCUT2D eigenvalue weighted by molar-refractivity contribution is 0.198. The van der Waals surface area contributed by atoms with Crippen molar-refractivity contribution < 1.29 is 4.74 Å². The number of nitrogen functional groups attached to an aromatic ring is 1. The zero-order chi connectivity index (χ0) is 13.4. The fourth-order valence-corrected chi connectivity index (χ4v) is 1.73. The summed E-state index contributed by atoms with van der Waals surface area (Å²) in [5, 5.41) is 3.21. The molecule has 1 aromatic rings. The molecular weight excluding hydrogens is 230 g/mol. The van der Waals surface area contributed by atoms with Crippen LogP contribution in [0.25, 0.3) is 0 Å². The lowest BCUT2D eigenvalue weighted by Gasteiger charge is -2.22. The van der Waals surface area contributed by atoms with E-state index in [4.69, 9.17) is 10.5 Å². The molecule has 0 fully saturated rings. The first kappa shape index (κ1) is 14.5. The van der Waals surface area contributed by atoms with Crippen LogP contribution in [0.3, 0.4) is 0 Å². The number of hydrogen-bond donors (Lipinski definition) is 2. The van der Waals surface area contributed by atoms with Gasteiger partial charge in [0.25, 0.3) is 0 Å². The fourth-order valence-electron chi connectivity index (χ4n) is 1.73. The van der Waals surface area contributed by atoms with Crippen molar-refractivity contribution in [2.24, 2.45) is 0 Å². The van der Waals surface area contributed by atoms with Crippen molar-refractivity contribution >= 4 is 17.3 Å². The summed E-state index contributed by atoms with van der Waals surface area (Å²) in [4.78, 5) is 10.5. The Morgan fingerprint density at radius 2 is 2.06 bits per heavy atom. The van der Waals surface area contributed by atoms with Crippen molar-refractivity contribution in [3.8, 4) is 0 Å². The molecular formula is C12H23N5O. The van der Waals surface area contributed by atoms with E-state index in [0.717, 1.165) is 38.5 Å². The van der Waals surface area contributed by atoms with Crippen LogP contribution < -0.4 is 16.0 Å². The molecule has 6 heteroatoms. The van der Waals surface area contributed by atoms with Crippen molar-refractivity contribution in [3.63, 3.8) is 0 Å². The molecule has 1 heterocycles. The molecule has 1 rings (SSSR count). The normalized spacial score (nSPS) is 10.4. The number of ether oxygens (including phenoxy) is 1. The molecule has 0 unspecified atom stereocenters. The summed E-state index contributed by atoms with van der Waals surface area (Å²) in [5.74, 6) is 1.49. The van der Waals surface area contributed by atoms with Crippen molar-refractivity contribution in [3.05, 3.63) is 6.33 Å². The largest absolute Gasteiger partial charge is 0.393 e. The van der Waals surface area contributed by atoms with Gasteiger partial charge in [0.2, 0.25) is 0 Å². The lowest BCUT2D eigenvalue weighted by Crippen LogP contribution is -2.25. The number of aromatic nitrogens is 2. The molecule has 6 nitrogen and oxygen atoms in total. The average Bonchev–Trinajstić information content (AvgIpc) is 2.39. The lowest BCUT2D eigenvalue weighted by atomic mass is 10.3. The Bertz CT molecular complexity index is 354. The van der Waals surface area contributed by atoms with E-state index in [0.29, 0.717) is 11.5 Å². The first-order valence-electron chi connectivity index (χ1n) is 6.32. The summed E-state index contributed by atoms with van der Waals surface area (Å²) in [6.07, 6.45) is 2.46. The van der Waals surface area contributed by atoms with Gasteiger partial charge in [-0.05, 0) is 20.3 Å². The molecule has 0 bridgehead atoms. The minimum absolute atomic E-state index is 0.610. The number of rotatable bonds is 8. The Morgan fingerprint density at radius 1 is 1.33 bits per heavy atom. The monoisotopic (exact) mass is 253 g/mol. The first-order chi connectivity index (χ1) is 8.74. The minimum Gasteiger partial charge on any atom is -0.393 e. The van der Waals surface area contributed by atoms with Crippen LogP contribution in [0.1, 0.15) is 20.3 Å². The van der Waals surface area contributed by atoms with Crippen molar-refractivity contribution in [2.75, 3.05) is 49.3 Å². The smallest absolute Gasteiger partial charge is 0.157 e. The molecule has 0 aromatic carbocycles. The van der Waals surface area contributed by atoms with E-state index in [1.165, 1.54) is 0 Å². The van der Waals surface area contributed by atoms with Gasteiger partial charge in [0.15, 0.2) is 11.6 Å². The number of methoxy groups -OCH3 is 1. The Labute approximate surface area is 109 Å². The van der Waals surface area contributed by atoms with Gasteiger partial charge in [0.05, 0.1) is 0 Å². The van der Waals surface area contributed by atoms with E-state index in [-0.39, 0.29) is 0 Å². The summed E-state index contributed by atoms with van der Waals surface area (Å²) in [6, 6.07) is 0. The summed E-state index contributed by atoms with van der Waals surface area (Å²) >= 11 is 0. The second-order valence-corrected chi connectivity index (χ2v) is 3.90. The zero-order valence-electron chi connectivity index (χ0n) is 11.4. The molecule has 0 radical (unpaired) electrons. The number of hydrogen-bond acceptors (Lipinski definition) is 6. The number of nitrogens with two attached hydrogens (primary N) is 1. The van der Waals surface area contributed by atoms with E-state index in [1.54, 1.807) is 13.4 Å². The Morgan fingerprint density at radius 3 is 2.67 bits per heavy atom. The maximum absolute atomic E-state index is 6.09. The van der Waals surface area contributed by atoms with Gasteiger partial charge in [-0.25, -0.2) is 9.97 Å². The topological polar surface area (TPSA) is 76.3 Å². The molecule has 0 saturated carbocycles. The SMILES string of the molecule is CCN(CC)c1ncnc(NCCCOC)c1N. The molecule has 18 heavy (non-hydrogen) atoms. The zero-order valence-corrected chi connectivity index (χ0v) is 11.4. The van der Waals surface area contributed by atoms with Gasteiger partial charge in [0.1, 0.15) is 12.0 Å². The third kappa shape index (κ3) is 3.73. The first-order valence-corrected chi connectivity index (χ1v) is 6.32. The maximum Gasteiger partial charge on any atom is 0.157 e. The van der Waals surface area contributed by atoms with E-state index in [1.807, 2.05) is 0 Å². The average molecular weight is 253 g/mol. The highest BCUT2D eigenvalue weighted by atomic mass is 16.5. The van der Waals surface area contributed by atoms with Crippen LogP contribution in [-0.2, 0) is 4.74 Å². The summed E-state index contributed by atoms with van der Waals surface area (Å²) in [7, 11) is 1.69. The van der Waals surface area contributed by atoms with Crippen molar-refractivity contribution in [2.45, 2.75) is 20.3 Å². The maximum atomic E-state index is 6.09. The third-order valence-corrected chi connectivity index (χ3v) is 2.74. The Balaban J connectivity index is 2.72. The fraction of sp³-hybridized carbons (Fsp3) is 0.667. The van der Waals surface area contributed by atoms with Crippen molar-refractivity contribution in [1.29, 1.82) is 0 Å². The molecule has 0 aliphatic rings. The summed E-state index contributed by atoms with van der Waals surface area (Å²) in [6.45, 7) is 7.42. The van der Waals surface area contributed by atoms with E-state index in [2.05, 4.69) is 34.0 Å². The Kier molecular flexibility index (Phi) is 6.21. The van der Waals surface area contributed by atoms with Crippen LogP contribution in [0, 0.1) is 0 Å². The van der Waals surface area contributed by atoms with Gasteiger partial charge in [-0.1, -0.05) is 0 Å². The minimum atomic E-state index is 0.610. The van der Waals surface area contributed by atoms with Crippen LogP contribution >= 0.6 is 0 Å². The molecule has 0 spiro atoms. The van der Waals surface area contributed by atoms with E-state index < -0.39 is 0 Å². The standard InChI is InChI=1S/C12H23N5O/c1-4-17(5-2)12-10(13)11(15-9-16-12)14-7-6-8-18-3/h9H,4-8,13H2,1-3H3,(H,14,15,16). The summed E-state index contributed by atoms with van der Waals surface area (Å²) < 4.78 is 4.99. The van der Waals surface area contributed by atoms with Crippen LogP contribution in [0.2, 0.25) is 0 Å². The van der Waals surface area contributed by atoms with Gasteiger partial charge in [-0.3, -0.25) is 0 Å².